The SMILES string of the molecule is Cc1sc2nc(CN3CCOCC3)nc(N3CCC(c4ccnn4C)CC3)c2c1C. The van der Waals surface area contributed by atoms with Crippen molar-refractivity contribution in [3.8, 4) is 0 Å². The Morgan fingerprint density at radius 2 is 1.87 bits per heavy atom. The zero-order valence-electron chi connectivity index (χ0n) is 18.1. The van der Waals surface area contributed by atoms with Crippen molar-refractivity contribution >= 4 is 27.4 Å². The molecular weight excluding hydrogens is 396 g/mol. The lowest BCUT2D eigenvalue weighted by atomic mass is 9.93. The number of hydrogen-bond acceptors (Lipinski definition) is 7. The molecule has 0 N–H and O–H groups in total. The van der Waals surface area contributed by atoms with Gasteiger partial charge in [0.05, 0.1) is 25.1 Å². The van der Waals surface area contributed by atoms with Crippen LogP contribution in [0.3, 0.4) is 0 Å². The minimum Gasteiger partial charge on any atom is -0.379 e. The normalized spacial score (nSPS) is 19.1. The number of hydrogen-bond donors (Lipinski definition) is 0. The third-order valence-electron chi connectivity index (χ3n) is 6.60. The van der Waals surface area contributed by atoms with Crippen molar-refractivity contribution in [2.75, 3.05) is 44.3 Å². The van der Waals surface area contributed by atoms with E-state index in [0.29, 0.717) is 5.92 Å². The van der Waals surface area contributed by atoms with Crippen LogP contribution in [0, 0.1) is 13.8 Å². The summed E-state index contributed by atoms with van der Waals surface area (Å²) in [5.41, 5.74) is 2.68. The zero-order valence-corrected chi connectivity index (χ0v) is 18.9. The summed E-state index contributed by atoms with van der Waals surface area (Å²) in [4.78, 5) is 17.4. The monoisotopic (exact) mass is 426 g/mol. The second-order valence-electron chi connectivity index (χ2n) is 8.46. The number of anilines is 1. The Labute approximate surface area is 181 Å². The third-order valence-corrected chi connectivity index (χ3v) is 7.70. The first kappa shape index (κ1) is 19.9. The molecule has 2 aliphatic heterocycles. The van der Waals surface area contributed by atoms with Gasteiger partial charge in [0.2, 0.25) is 0 Å². The Hall–Kier alpha value is -2.03. The molecule has 0 aromatic carbocycles. The summed E-state index contributed by atoms with van der Waals surface area (Å²) in [7, 11) is 2.05. The van der Waals surface area contributed by atoms with E-state index < -0.39 is 0 Å². The van der Waals surface area contributed by atoms with E-state index in [0.717, 1.165) is 75.3 Å². The lowest BCUT2D eigenvalue weighted by molar-refractivity contribution is 0.0331. The Morgan fingerprint density at radius 3 is 2.57 bits per heavy atom. The van der Waals surface area contributed by atoms with Gasteiger partial charge >= 0.3 is 0 Å². The first-order chi connectivity index (χ1) is 14.6. The molecule has 2 saturated heterocycles. The molecule has 0 saturated carbocycles. The van der Waals surface area contributed by atoms with Crippen molar-refractivity contribution in [1.29, 1.82) is 0 Å². The highest BCUT2D eigenvalue weighted by atomic mass is 32.1. The van der Waals surface area contributed by atoms with Crippen molar-refractivity contribution in [1.82, 2.24) is 24.6 Å². The van der Waals surface area contributed by atoms with E-state index in [9.17, 15) is 0 Å². The Kier molecular flexibility index (Phi) is 5.47. The second kappa shape index (κ2) is 8.24. The number of rotatable bonds is 4. The Bertz CT molecular complexity index is 1030. The topological polar surface area (TPSA) is 59.3 Å². The smallest absolute Gasteiger partial charge is 0.146 e. The lowest BCUT2D eigenvalue weighted by Crippen LogP contribution is -2.37. The average molecular weight is 427 g/mol. The molecule has 3 aromatic heterocycles. The van der Waals surface area contributed by atoms with E-state index in [1.54, 1.807) is 11.3 Å². The van der Waals surface area contributed by atoms with Gasteiger partial charge in [-0.15, -0.1) is 11.3 Å². The number of piperidine rings is 1. The van der Waals surface area contributed by atoms with Crippen molar-refractivity contribution in [3.05, 3.63) is 34.2 Å². The minimum absolute atomic E-state index is 0.573. The van der Waals surface area contributed by atoms with Crippen molar-refractivity contribution in [2.45, 2.75) is 39.2 Å². The molecule has 0 amide bonds. The van der Waals surface area contributed by atoms with Gasteiger partial charge in [-0.1, -0.05) is 0 Å². The van der Waals surface area contributed by atoms with Crippen LogP contribution in [0.4, 0.5) is 5.82 Å². The summed E-state index contributed by atoms with van der Waals surface area (Å²) in [5, 5.41) is 5.61. The first-order valence-electron chi connectivity index (χ1n) is 10.9. The summed E-state index contributed by atoms with van der Waals surface area (Å²) in [6.07, 6.45) is 4.17. The molecule has 2 aliphatic rings. The Balaban J connectivity index is 1.43. The minimum atomic E-state index is 0.573. The van der Waals surface area contributed by atoms with Crippen LogP contribution in [0.1, 0.15) is 40.7 Å². The van der Waals surface area contributed by atoms with Crippen LogP contribution in [-0.4, -0.2) is 64.0 Å². The van der Waals surface area contributed by atoms with Crippen LogP contribution in [-0.2, 0) is 18.3 Å². The van der Waals surface area contributed by atoms with Crippen LogP contribution in [0.25, 0.3) is 10.2 Å². The third kappa shape index (κ3) is 3.72. The molecule has 3 aromatic rings. The fraction of sp³-hybridized carbons (Fsp3) is 0.591. The van der Waals surface area contributed by atoms with Gasteiger partial charge in [0.1, 0.15) is 16.5 Å². The molecule has 0 spiro atoms. The van der Waals surface area contributed by atoms with E-state index in [1.807, 2.05) is 17.9 Å². The molecule has 0 radical (unpaired) electrons. The number of aryl methyl sites for hydroxylation is 3. The van der Waals surface area contributed by atoms with E-state index in [4.69, 9.17) is 14.7 Å². The maximum absolute atomic E-state index is 5.50. The summed E-state index contributed by atoms with van der Waals surface area (Å²) in [5.74, 6) is 2.65. The van der Waals surface area contributed by atoms with E-state index in [-0.39, 0.29) is 0 Å². The maximum atomic E-state index is 5.50. The van der Waals surface area contributed by atoms with E-state index in [1.165, 1.54) is 21.5 Å². The van der Waals surface area contributed by atoms with Crippen LogP contribution in [0.15, 0.2) is 12.3 Å². The molecule has 0 atom stereocenters. The number of thiophene rings is 1. The first-order valence-corrected chi connectivity index (χ1v) is 11.7. The summed E-state index contributed by atoms with van der Waals surface area (Å²) < 4.78 is 7.52. The van der Waals surface area contributed by atoms with Gasteiger partial charge in [0.25, 0.3) is 0 Å². The number of fused-ring (bicyclic) bond motifs is 1. The molecule has 2 fully saturated rings. The Morgan fingerprint density at radius 1 is 1.10 bits per heavy atom. The molecule has 7 nitrogen and oxygen atoms in total. The molecule has 8 heteroatoms. The molecular formula is C22H30N6OS. The zero-order chi connectivity index (χ0) is 20.7. The molecule has 0 aliphatic carbocycles. The number of ether oxygens (including phenoxy) is 1. The summed E-state index contributed by atoms with van der Waals surface area (Å²) in [6, 6.07) is 2.16. The van der Waals surface area contributed by atoms with Gasteiger partial charge < -0.3 is 9.64 Å². The predicted molar refractivity (Wildman–Crippen MR) is 120 cm³/mol. The summed E-state index contributed by atoms with van der Waals surface area (Å²) >= 11 is 1.80. The average Bonchev–Trinajstić information content (AvgIpc) is 3.31. The molecule has 160 valence electrons. The van der Waals surface area contributed by atoms with Crippen molar-refractivity contribution in [2.24, 2.45) is 7.05 Å². The molecule has 0 unspecified atom stereocenters. The molecule has 5 heterocycles. The van der Waals surface area contributed by atoms with Crippen molar-refractivity contribution in [3.63, 3.8) is 0 Å². The summed E-state index contributed by atoms with van der Waals surface area (Å²) in [6.45, 7) is 10.8. The van der Waals surface area contributed by atoms with Crippen LogP contribution in [0.5, 0.6) is 0 Å². The van der Waals surface area contributed by atoms with E-state index in [2.05, 4.69) is 34.8 Å². The van der Waals surface area contributed by atoms with Crippen molar-refractivity contribution < 1.29 is 4.74 Å². The highest BCUT2D eigenvalue weighted by Gasteiger charge is 2.26. The highest BCUT2D eigenvalue weighted by molar-refractivity contribution is 7.18. The van der Waals surface area contributed by atoms with Crippen LogP contribution in [0.2, 0.25) is 0 Å². The van der Waals surface area contributed by atoms with Crippen LogP contribution >= 0.6 is 11.3 Å². The van der Waals surface area contributed by atoms with Gasteiger partial charge in [0, 0.05) is 55.9 Å². The van der Waals surface area contributed by atoms with Gasteiger partial charge in [-0.3, -0.25) is 9.58 Å². The standard InChI is InChI=1S/C22H30N6OS/c1-15-16(2)30-22-20(15)21(24-19(25-22)14-27-10-12-29-13-11-27)28-8-5-17(6-9-28)18-4-7-23-26(18)3/h4,7,17H,5-6,8-14H2,1-3H3. The number of morpholine rings is 1. The second-order valence-corrected chi connectivity index (χ2v) is 9.66. The molecule has 0 bridgehead atoms. The maximum Gasteiger partial charge on any atom is 0.146 e. The fourth-order valence-electron chi connectivity index (χ4n) is 4.70. The number of nitrogens with zero attached hydrogens (tertiary/aromatic N) is 6. The largest absolute Gasteiger partial charge is 0.379 e. The number of aromatic nitrogens is 4. The fourth-order valence-corrected chi connectivity index (χ4v) is 5.74. The predicted octanol–water partition coefficient (Wildman–Crippen LogP) is 3.26. The lowest BCUT2D eigenvalue weighted by Gasteiger charge is -2.33. The van der Waals surface area contributed by atoms with Gasteiger partial charge in [-0.2, -0.15) is 5.10 Å². The van der Waals surface area contributed by atoms with Gasteiger partial charge in [-0.25, -0.2) is 9.97 Å². The highest BCUT2D eigenvalue weighted by Crippen LogP contribution is 2.37. The van der Waals surface area contributed by atoms with Gasteiger partial charge in [-0.05, 0) is 38.3 Å². The molecule has 5 rings (SSSR count). The van der Waals surface area contributed by atoms with Gasteiger partial charge in [0.15, 0.2) is 0 Å². The van der Waals surface area contributed by atoms with E-state index >= 15 is 0 Å². The molecule has 30 heavy (non-hydrogen) atoms. The van der Waals surface area contributed by atoms with Crippen LogP contribution < -0.4 is 4.90 Å². The quantitative estimate of drug-likeness (QED) is 0.638.